The Morgan fingerprint density at radius 1 is 0.833 bits per heavy atom. The monoisotopic (exact) mass is 428 g/mol. The predicted octanol–water partition coefficient (Wildman–Crippen LogP) is 1.69. The van der Waals surface area contributed by atoms with E-state index in [1.54, 1.807) is 0 Å². The number of thiophene rings is 1. The van der Waals surface area contributed by atoms with Crippen LogP contribution in [0, 0.1) is 0 Å². The van der Waals surface area contributed by atoms with E-state index in [2.05, 4.69) is 4.90 Å². The van der Waals surface area contributed by atoms with Crippen LogP contribution in [-0.2, 0) is 16.1 Å². The average Bonchev–Trinajstić information content (AvgIpc) is 3.35. The van der Waals surface area contributed by atoms with Crippen LogP contribution in [0.2, 0.25) is 0 Å². The molecule has 0 atom stereocenters. The van der Waals surface area contributed by atoms with E-state index < -0.39 is 17.8 Å². The molecule has 9 heteroatoms. The maximum Gasteiger partial charge on any atom is 0.335 e. The lowest BCUT2D eigenvalue weighted by Crippen LogP contribution is -2.51. The number of benzene rings is 1. The Hall–Kier alpha value is -2.75. The summed E-state index contributed by atoms with van der Waals surface area (Å²) in [6, 6.07) is 12.9. The zero-order valence-corrected chi connectivity index (χ0v) is 17.4. The van der Waals surface area contributed by atoms with Gasteiger partial charge in [0.15, 0.2) is 0 Å². The van der Waals surface area contributed by atoms with Crippen LogP contribution in [0.15, 0.2) is 47.8 Å². The lowest BCUT2D eigenvalue weighted by Gasteiger charge is -2.35. The second-order valence-electron chi connectivity index (χ2n) is 7.25. The van der Waals surface area contributed by atoms with Gasteiger partial charge in [-0.3, -0.25) is 24.3 Å². The molecule has 0 saturated carbocycles. The number of hydrogen-bond donors (Lipinski definition) is 0. The molecule has 8 nitrogen and oxygen atoms in total. The summed E-state index contributed by atoms with van der Waals surface area (Å²) in [6.07, 6.45) is 0. The lowest BCUT2D eigenvalue weighted by atomic mass is 10.3. The summed E-state index contributed by atoms with van der Waals surface area (Å²) in [7, 11) is 0. The Labute approximate surface area is 179 Å². The highest BCUT2D eigenvalue weighted by Crippen LogP contribution is 2.19. The zero-order valence-electron chi connectivity index (χ0n) is 16.6. The van der Waals surface area contributed by atoms with Crippen LogP contribution in [0.3, 0.4) is 0 Å². The summed E-state index contributed by atoms with van der Waals surface area (Å²) in [5.41, 5.74) is 0. The molecule has 0 N–H and O–H groups in total. The minimum absolute atomic E-state index is 0.146. The van der Waals surface area contributed by atoms with E-state index in [9.17, 15) is 14.4 Å². The number of carbonyl (C=O) groups excluding carboxylic acids is 3. The second kappa shape index (κ2) is 9.38. The minimum Gasteiger partial charge on any atom is -0.492 e. The average molecular weight is 429 g/mol. The van der Waals surface area contributed by atoms with Gasteiger partial charge in [-0.15, -0.1) is 11.3 Å². The number of carbonyl (C=O) groups is 3. The number of para-hydroxylation sites is 1. The van der Waals surface area contributed by atoms with Gasteiger partial charge in [0.25, 0.3) is 0 Å². The first-order valence-corrected chi connectivity index (χ1v) is 10.8. The van der Waals surface area contributed by atoms with Crippen molar-refractivity contribution in [2.75, 3.05) is 46.0 Å². The number of nitrogens with zero attached hydrogens (tertiary/aromatic N) is 4. The van der Waals surface area contributed by atoms with Gasteiger partial charge in [-0.05, 0) is 23.6 Å². The Balaban J connectivity index is 1.23. The molecule has 2 aliphatic heterocycles. The molecule has 3 heterocycles. The van der Waals surface area contributed by atoms with Crippen LogP contribution in [-0.4, -0.2) is 83.4 Å². The molecule has 0 radical (unpaired) electrons. The van der Waals surface area contributed by atoms with Crippen molar-refractivity contribution in [2.24, 2.45) is 0 Å². The quantitative estimate of drug-likeness (QED) is 0.471. The molecule has 1 aromatic heterocycles. The first-order valence-electron chi connectivity index (χ1n) is 9.94. The van der Waals surface area contributed by atoms with Gasteiger partial charge in [0.1, 0.15) is 12.4 Å². The largest absolute Gasteiger partial charge is 0.492 e. The van der Waals surface area contributed by atoms with Crippen LogP contribution in [0.5, 0.6) is 5.75 Å². The van der Waals surface area contributed by atoms with E-state index in [1.807, 2.05) is 52.7 Å². The maximum absolute atomic E-state index is 12.6. The van der Waals surface area contributed by atoms with Gasteiger partial charge in [-0.25, -0.2) is 9.69 Å². The molecule has 2 aliphatic rings. The summed E-state index contributed by atoms with van der Waals surface area (Å²) < 4.78 is 5.74. The Morgan fingerprint density at radius 3 is 2.23 bits per heavy atom. The molecule has 2 fully saturated rings. The van der Waals surface area contributed by atoms with Gasteiger partial charge < -0.3 is 4.74 Å². The number of imide groups is 2. The van der Waals surface area contributed by atoms with E-state index in [-0.39, 0.29) is 13.2 Å². The number of amides is 4. The fourth-order valence-electron chi connectivity index (χ4n) is 3.54. The van der Waals surface area contributed by atoms with Crippen molar-refractivity contribution >= 4 is 29.2 Å². The standard InChI is InChI=1S/C21H24N4O4S/c26-19-20(27)25(21(28)24(19)15-18-7-4-14-30-18)16-23-10-8-22(9-11-23)12-13-29-17-5-2-1-3-6-17/h1-7,14H,8-13,15-16H2. The number of ether oxygens (including phenoxy) is 1. The highest BCUT2D eigenvalue weighted by Gasteiger charge is 2.45. The molecule has 2 aromatic rings. The van der Waals surface area contributed by atoms with Crippen molar-refractivity contribution in [1.29, 1.82) is 0 Å². The van der Waals surface area contributed by atoms with Crippen LogP contribution in [0.1, 0.15) is 4.88 Å². The van der Waals surface area contributed by atoms with Crippen LogP contribution in [0.25, 0.3) is 0 Å². The minimum atomic E-state index is -0.745. The number of urea groups is 1. The molecular weight excluding hydrogens is 404 g/mol. The van der Waals surface area contributed by atoms with Gasteiger partial charge in [0.05, 0.1) is 13.2 Å². The van der Waals surface area contributed by atoms with E-state index in [0.717, 1.165) is 53.2 Å². The fourth-order valence-corrected chi connectivity index (χ4v) is 4.23. The van der Waals surface area contributed by atoms with Crippen molar-refractivity contribution in [3.05, 3.63) is 52.7 Å². The van der Waals surface area contributed by atoms with Gasteiger partial charge in [-0.1, -0.05) is 24.3 Å². The highest BCUT2D eigenvalue weighted by molar-refractivity contribution is 7.09. The van der Waals surface area contributed by atoms with Crippen molar-refractivity contribution in [3.63, 3.8) is 0 Å². The molecule has 158 valence electrons. The number of piperazine rings is 1. The third-order valence-corrected chi connectivity index (χ3v) is 6.12. The van der Waals surface area contributed by atoms with Crippen LogP contribution in [0.4, 0.5) is 4.79 Å². The third-order valence-electron chi connectivity index (χ3n) is 5.25. The second-order valence-corrected chi connectivity index (χ2v) is 8.28. The van der Waals surface area contributed by atoms with Gasteiger partial charge in [-0.2, -0.15) is 0 Å². The molecule has 0 unspecified atom stereocenters. The number of hydrogen-bond acceptors (Lipinski definition) is 7. The summed E-state index contributed by atoms with van der Waals surface area (Å²) in [6.45, 7) is 4.81. The molecule has 4 amide bonds. The molecular formula is C21H24N4O4S. The van der Waals surface area contributed by atoms with Crippen molar-refractivity contribution in [1.82, 2.24) is 19.6 Å². The highest BCUT2D eigenvalue weighted by atomic mass is 32.1. The summed E-state index contributed by atoms with van der Waals surface area (Å²) in [5.74, 6) is -0.626. The molecule has 4 rings (SSSR count). The molecule has 0 spiro atoms. The van der Waals surface area contributed by atoms with E-state index in [0.29, 0.717) is 6.61 Å². The third kappa shape index (κ3) is 4.69. The van der Waals surface area contributed by atoms with Crippen molar-refractivity contribution in [3.8, 4) is 5.75 Å². The maximum atomic E-state index is 12.6. The Bertz CT molecular complexity index is 882. The van der Waals surface area contributed by atoms with E-state index in [1.165, 1.54) is 11.3 Å². The van der Waals surface area contributed by atoms with Crippen molar-refractivity contribution < 1.29 is 19.1 Å². The smallest absolute Gasteiger partial charge is 0.335 e. The lowest BCUT2D eigenvalue weighted by molar-refractivity contribution is -0.144. The van der Waals surface area contributed by atoms with Crippen molar-refractivity contribution in [2.45, 2.75) is 6.54 Å². The van der Waals surface area contributed by atoms with Gasteiger partial charge >= 0.3 is 17.8 Å². The van der Waals surface area contributed by atoms with Gasteiger partial charge in [0.2, 0.25) is 0 Å². The molecule has 0 bridgehead atoms. The SMILES string of the molecule is O=C1C(=O)N(CN2CCN(CCOc3ccccc3)CC2)C(=O)N1Cc1cccs1. The predicted molar refractivity (Wildman–Crippen MR) is 112 cm³/mol. The van der Waals surface area contributed by atoms with Gasteiger partial charge in [0, 0.05) is 37.6 Å². The zero-order chi connectivity index (χ0) is 20.9. The van der Waals surface area contributed by atoms with Crippen LogP contribution < -0.4 is 4.74 Å². The van der Waals surface area contributed by atoms with E-state index in [4.69, 9.17) is 4.74 Å². The topological polar surface area (TPSA) is 73.4 Å². The Morgan fingerprint density at radius 2 is 1.53 bits per heavy atom. The summed E-state index contributed by atoms with van der Waals surface area (Å²) in [5, 5.41) is 1.88. The molecule has 2 saturated heterocycles. The molecule has 1 aromatic carbocycles. The van der Waals surface area contributed by atoms with E-state index >= 15 is 0 Å². The summed E-state index contributed by atoms with van der Waals surface area (Å²) >= 11 is 1.46. The first kappa shape index (κ1) is 20.5. The number of rotatable bonds is 8. The molecule has 30 heavy (non-hydrogen) atoms. The Kier molecular flexibility index (Phi) is 6.41. The summed E-state index contributed by atoms with van der Waals surface area (Å²) in [4.78, 5) is 44.5. The fraction of sp³-hybridized carbons (Fsp3) is 0.381. The normalized spacial score (nSPS) is 18.5. The molecule has 0 aliphatic carbocycles. The van der Waals surface area contributed by atoms with Crippen LogP contribution >= 0.6 is 11.3 Å². The first-order chi connectivity index (χ1) is 14.6.